The first-order valence-corrected chi connectivity index (χ1v) is 6.90. The molecule has 0 radical (unpaired) electrons. The lowest BCUT2D eigenvalue weighted by atomic mass is 10.2. The van der Waals surface area contributed by atoms with Crippen LogP contribution < -0.4 is 4.74 Å². The van der Waals surface area contributed by atoms with E-state index >= 15 is 0 Å². The van der Waals surface area contributed by atoms with Crippen molar-refractivity contribution in [2.45, 2.75) is 20.0 Å². The first kappa shape index (κ1) is 14.8. The van der Waals surface area contributed by atoms with Gasteiger partial charge in [0, 0.05) is 26.3 Å². The van der Waals surface area contributed by atoms with E-state index in [1.807, 2.05) is 31.4 Å². The molecule has 2 aromatic rings. The maximum absolute atomic E-state index is 6.33. The normalized spacial score (nSPS) is 11.1. The standard InChI is InChI=1S/C14H19ClN4O/c1-4-19(10-12-9-18(2)17-16-12)8-11-6-5-7-13(20-3)14(11)15/h5-7,9H,4,8,10H2,1-3H3. The van der Waals surface area contributed by atoms with Gasteiger partial charge in [0.05, 0.1) is 17.8 Å². The van der Waals surface area contributed by atoms with E-state index in [1.165, 1.54) is 0 Å². The van der Waals surface area contributed by atoms with Crippen LogP contribution >= 0.6 is 11.6 Å². The largest absolute Gasteiger partial charge is 0.495 e. The molecule has 0 aliphatic rings. The molecule has 20 heavy (non-hydrogen) atoms. The van der Waals surface area contributed by atoms with E-state index in [0.29, 0.717) is 10.8 Å². The summed E-state index contributed by atoms with van der Waals surface area (Å²) in [6, 6.07) is 5.84. The Hall–Kier alpha value is -1.59. The van der Waals surface area contributed by atoms with E-state index in [1.54, 1.807) is 11.8 Å². The van der Waals surface area contributed by atoms with Crippen molar-refractivity contribution in [3.05, 3.63) is 40.7 Å². The van der Waals surface area contributed by atoms with Crippen LogP contribution in [-0.2, 0) is 20.1 Å². The lowest BCUT2D eigenvalue weighted by molar-refractivity contribution is 0.267. The summed E-state index contributed by atoms with van der Waals surface area (Å²) in [6.07, 6.45) is 1.93. The van der Waals surface area contributed by atoms with E-state index in [2.05, 4.69) is 22.1 Å². The van der Waals surface area contributed by atoms with Crippen LogP contribution in [0.2, 0.25) is 5.02 Å². The molecule has 2 rings (SSSR count). The fourth-order valence-electron chi connectivity index (χ4n) is 2.05. The van der Waals surface area contributed by atoms with Gasteiger partial charge in [-0.15, -0.1) is 5.10 Å². The average Bonchev–Trinajstić information content (AvgIpc) is 2.85. The number of aryl methyl sites for hydroxylation is 1. The second-order valence-electron chi connectivity index (χ2n) is 4.62. The zero-order chi connectivity index (χ0) is 14.5. The van der Waals surface area contributed by atoms with Gasteiger partial charge in [-0.2, -0.15) is 0 Å². The van der Waals surface area contributed by atoms with Gasteiger partial charge < -0.3 is 4.74 Å². The van der Waals surface area contributed by atoms with Crippen molar-refractivity contribution in [1.82, 2.24) is 19.9 Å². The molecule has 0 amide bonds. The van der Waals surface area contributed by atoms with Crippen LogP contribution in [0.25, 0.3) is 0 Å². The van der Waals surface area contributed by atoms with Crippen molar-refractivity contribution >= 4 is 11.6 Å². The Bertz CT molecular complexity index is 570. The Kier molecular flexibility index (Phi) is 4.98. The van der Waals surface area contributed by atoms with Gasteiger partial charge in [-0.3, -0.25) is 9.58 Å². The first-order chi connectivity index (χ1) is 9.63. The van der Waals surface area contributed by atoms with Gasteiger partial charge in [-0.05, 0) is 18.2 Å². The van der Waals surface area contributed by atoms with Crippen LogP contribution in [0.4, 0.5) is 0 Å². The summed E-state index contributed by atoms with van der Waals surface area (Å²) in [4.78, 5) is 2.25. The molecule has 0 aliphatic carbocycles. The molecule has 5 nitrogen and oxygen atoms in total. The second kappa shape index (κ2) is 6.72. The summed E-state index contributed by atoms with van der Waals surface area (Å²) in [7, 11) is 3.49. The lowest BCUT2D eigenvalue weighted by Crippen LogP contribution is -2.22. The van der Waals surface area contributed by atoms with Crippen LogP contribution in [0.15, 0.2) is 24.4 Å². The minimum Gasteiger partial charge on any atom is -0.495 e. The fraction of sp³-hybridized carbons (Fsp3) is 0.429. The average molecular weight is 295 g/mol. The minimum absolute atomic E-state index is 0.674. The first-order valence-electron chi connectivity index (χ1n) is 6.53. The SMILES string of the molecule is CCN(Cc1cn(C)nn1)Cc1cccc(OC)c1Cl. The summed E-state index contributed by atoms with van der Waals surface area (Å²) in [5, 5.41) is 8.74. The van der Waals surface area contributed by atoms with Gasteiger partial charge in [0.2, 0.25) is 0 Å². The molecule has 1 aromatic heterocycles. The van der Waals surface area contributed by atoms with Gasteiger partial charge in [0.25, 0.3) is 0 Å². The molecule has 0 N–H and O–H groups in total. The zero-order valence-corrected chi connectivity index (χ0v) is 12.8. The lowest BCUT2D eigenvalue weighted by Gasteiger charge is -2.20. The summed E-state index contributed by atoms with van der Waals surface area (Å²) in [6.45, 7) is 4.52. The number of hydrogen-bond donors (Lipinski definition) is 0. The molecule has 0 bridgehead atoms. The molecule has 1 heterocycles. The Balaban J connectivity index is 2.10. The number of nitrogens with zero attached hydrogens (tertiary/aromatic N) is 4. The quantitative estimate of drug-likeness (QED) is 0.821. The highest BCUT2D eigenvalue weighted by atomic mass is 35.5. The topological polar surface area (TPSA) is 43.2 Å². The van der Waals surface area contributed by atoms with Crippen molar-refractivity contribution in [3.63, 3.8) is 0 Å². The van der Waals surface area contributed by atoms with E-state index in [-0.39, 0.29) is 0 Å². The van der Waals surface area contributed by atoms with E-state index in [0.717, 1.165) is 30.9 Å². The summed E-state index contributed by atoms with van der Waals surface area (Å²) in [5.41, 5.74) is 2.00. The van der Waals surface area contributed by atoms with Crippen LogP contribution in [0.1, 0.15) is 18.2 Å². The molecular formula is C14H19ClN4O. The van der Waals surface area contributed by atoms with Crippen LogP contribution in [0, 0.1) is 0 Å². The number of rotatable bonds is 6. The number of aromatic nitrogens is 3. The molecule has 0 saturated heterocycles. The molecule has 0 atom stereocenters. The van der Waals surface area contributed by atoms with Crippen LogP contribution in [0.3, 0.4) is 0 Å². The van der Waals surface area contributed by atoms with Crippen molar-refractivity contribution in [3.8, 4) is 5.75 Å². The predicted molar refractivity (Wildman–Crippen MR) is 78.8 cm³/mol. The van der Waals surface area contributed by atoms with Gasteiger partial charge in [0.1, 0.15) is 5.75 Å². The summed E-state index contributed by atoms with van der Waals surface area (Å²) < 4.78 is 6.96. The highest BCUT2D eigenvalue weighted by Crippen LogP contribution is 2.28. The smallest absolute Gasteiger partial charge is 0.137 e. The molecule has 6 heteroatoms. The molecule has 0 spiro atoms. The van der Waals surface area contributed by atoms with E-state index in [9.17, 15) is 0 Å². The molecule has 1 aromatic carbocycles. The highest BCUT2D eigenvalue weighted by Gasteiger charge is 2.12. The van der Waals surface area contributed by atoms with Crippen molar-refractivity contribution in [2.24, 2.45) is 7.05 Å². The Morgan fingerprint density at radius 3 is 2.75 bits per heavy atom. The Labute approximate surface area is 124 Å². The van der Waals surface area contributed by atoms with Crippen molar-refractivity contribution in [2.75, 3.05) is 13.7 Å². The molecular weight excluding hydrogens is 276 g/mol. The summed E-state index contributed by atoms with van der Waals surface area (Å²) in [5.74, 6) is 0.708. The number of hydrogen-bond acceptors (Lipinski definition) is 4. The maximum Gasteiger partial charge on any atom is 0.137 e. The van der Waals surface area contributed by atoms with Gasteiger partial charge >= 0.3 is 0 Å². The number of halogens is 1. The molecule has 0 fully saturated rings. The molecule has 0 saturated carbocycles. The number of ether oxygens (including phenoxy) is 1. The van der Waals surface area contributed by atoms with Crippen molar-refractivity contribution < 1.29 is 4.74 Å². The van der Waals surface area contributed by atoms with E-state index in [4.69, 9.17) is 16.3 Å². The highest BCUT2D eigenvalue weighted by molar-refractivity contribution is 6.32. The maximum atomic E-state index is 6.33. The third-order valence-corrected chi connectivity index (χ3v) is 3.57. The number of benzene rings is 1. The Morgan fingerprint density at radius 2 is 2.15 bits per heavy atom. The second-order valence-corrected chi connectivity index (χ2v) is 5.00. The van der Waals surface area contributed by atoms with Gasteiger partial charge in [-0.1, -0.05) is 35.9 Å². The molecule has 108 valence electrons. The van der Waals surface area contributed by atoms with Crippen LogP contribution in [-0.4, -0.2) is 33.5 Å². The molecule has 0 unspecified atom stereocenters. The monoisotopic (exact) mass is 294 g/mol. The zero-order valence-electron chi connectivity index (χ0n) is 12.0. The third kappa shape index (κ3) is 3.49. The minimum atomic E-state index is 0.674. The van der Waals surface area contributed by atoms with Crippen LogP contribution in [0.5, 0.6) is 5.75 Å². The predicted octanol–water partition coefficient (Wildman–Crippen LogP) is 2.50. The van der Waals surface area contributed by atoms with Gasteiger partial charge in [-0.25, -0.2) is 0 Å². The summed E-state index contributed by atoms with van der Waals surface area (Å²) >= 11 is 6.33. The fourth-order valence-corrected chi connectivity index (χ4v) is 2.32. The third-order valence-electron chi connectivity index (χ3n) is 3.14. The molecule has 0 aliphatic heterocycles. The van der Waals surface area contributed by atoms with E-state index < -0.39 is 0 Å². The Morgan fingerprint density at radius 1 is 1.35 bits per heavy atom. The van der Waals surface area contributed by atoms with Gasteiger partial charge in [0.15, 0.2) is 0 Å². The van der Waals surface area contributed by atoms with Crippen molar-refractivity contribution in [1.29, 1.82) is 0 Å². The number of methoxy groups -OCH3 is 1.